The minimum Gasteiger partial charge on any atom is -0.507 e. The van der Waals surface area contributed by atoms with Crippen LogP contribution in [0.3, 0.4) is 0 Å². The molecule has 146 valence electrons. The first kappa shape index (κ1) is 21.0. The molecule has 1 aromatic carbocycles. The van der Waals surface area contributed by atoms with Crippen LogP contribution < -0.4 is 0 Å². The van der Waals surface area contributed by atoms with Crippen LogP contribution in [0.2, 0.25) is 5.02 Å². The van der Waals surface area contributed by atoms with Gasteiger partial charge >= 0.3 is 5.97 Å². The lowest BCUT2D eigenvalue weighted by Crippen LogP contribution is -2.31. The predicted octanol–water partition coefficient (Wildman–Crippen LogP) is 2.30. The van der Waals surface area contributed by atoms with Crippen molar-refractivity contribution in [3.8, 4) is 11.5 Å². The van der Waals surface area contributed by atoms with Gasteiger partial charge in [0.25, 0.3) is 0 Å². The van der Waals surface area contributed by atoms with Gasteiger partial charge in [-0.05, 0) is 13.0 Å². The molecule has 2 rings (SSSR count). The number of cyclic esters (lactones) is 1. The Morgan fingerprint density at radius 1 is 1.22 bits per heavy atom. The summed E-state index contributed by atoms with van der Waals surface area (Å²) in [5.41, 5.74) is -0.325. The van der Waals surface area contributed by atoms with Crippen molar-refractivity contribution < 1.29 is 34.4 Å². The Kier molecular flexibility index (Phi) is 7.01. The molecule has 1 heterocycles. The molecule has 1 aliphatic rings. The fourth-order valence-electron chi connectivity index (χ4n) is 2.78. The Bertz CT molecular complexity index is 785. The molecule has 0 saturated heterocycles. The predicted molar refractivity (Wildman–Crippen MR) is 98.1 cm³/mol. The molecule has 0 bridgehead atoms. The van der Waals surface area contributed by atoms with Crippen molar-refractivity contribution in [2.45, 2.75) is 38.1 Å². The highest BCUT2D eigenvalue weighted by molar-refractivity contribution is 6.33. The van der Waals surface area contributed by atoms with E-state index in [1.54, 1.807) is 19.1 Å². The summed E-state index contributed by atoms with van der Waals surface area (Å²) in [6, 6.07) is 0.912. The van der Waals surface area contributed by atoms with Gasteiger partial charge in [0.15, 0.2) is 5.78 Å². The lowest BCUT2D eigenvalue weighted by molar-refractivity contribution is -0.114. The fourth-order valence-corrected chi connectivity index (χ4v) is 2.99. The number of allylic oxidation sites excluding steroid dienone is 3. The van der Waals surface area contributed by atoms with Gasteiger partial charge in [-0.3, -0.25) is 4.79 Å². The van der Waals surface area contributed by atoms with Gasteiger partial charge < -0.3 is 24.8 Å². The Balaban J connectivity index is 2.50. The lowest BCUT2D eigenvalue weighted by Gasteiger charge is -2.23. The summed E-state index contributed by atoms with van der Waals surface area (Å²) < 4.78 is 10.5. The average molecular weight is 397 g/mol. The summed E-state index contributed by atoms with van der Waals surface area (Å²) in [7, 11) is 1.43. The number of halogens is 1. The highest BCUT2D eigenvalue weighted by Gasteiger charge is 2.27. The maximum Gasteiger partial charge on any atom is 0.342 e. The number of phenolic OH excluding ortho intramolecular Hbond substituents is 2. The van der Waals surface area contributed by atoms with E-state index in [1.165, 1.54) is 19.3 Å². The maximum atomic E-state index is 12.6. The number of ether oxygens (including phenoxy) is 2. The monoisotopic (exact) mass is 396 g/mol. The van der Waals surface area contributed by atoms with Crippen LogP contribution in [0.25, 0.3) is 0 Å². The SMILES string of the molecule is CO[C@H]1C=CC=CC(=O)Cc2c(Cl)c(O)cc(O)c2C(=O)O[C@@H](C)C[C@@H]1O. The molecule has 27 heavy (non-hydrogen) atoms. The Labute approximate surface area is 161 Å². The smallest absolute Gasteiger partial charge is 0.342 e. The van der Waals surface area contributed by atoms with E-state index in [4.69, 9.17) is 21.1 Å². The Hall–Kier alpha value is -2.35. The van der Waals surface area contributed by atoms with Crippen molar-refractivity contribution in [1.82, 2.24) is 0 Å². The van der Waals surface area contributed by atoms with Crippen molar-refractivity contribution in [3.63, 3.8) is 0 Å². The number of hydrogen-bond acceptors (Lipinski definition) is 7. The van der Waals surface area contributed by atoms with Crippen molar-refractivity contribution in [2.24, 2.45) is 0 Å². The van der Waals surface area contributed by atoms with E-state index >= 15 is 0 Å². The number of benzene rings is 1. The van der Waals surface area contributed by atoms with Gasteiger partial charge in [0, 0.05) is 31.6 Å². The molecule has 0 fully saturated rings. The summed E-state index contributed by atoms with van der Waals surface area (Å²) in [6.45, 7) is 1.58. The number of methoxy groups -OCH3 is 1. The van der Waals surface area contributed by atoms with E-state index in [0.717, 1.165) is 6.07 Å². The van der Waals surface area contributed by atoms with E-state index in [9.17, 15) is 24.9 Å². The molecule has 0 radical (unpaired) electrons. The van der Waals surface area contributed by atoms with Crippen molar-refractivity contribution in [3.05, 3.63) is 46.5 Å². The molecule has 7 nitrogen and oxygen atoms in total. The summed E-state index contributed by atoms with van der Waals surface area (Å²) in [6.07, 6.45) is 3.28. The molecule has 0 amide bonds. The number of rotatable bonds is 1. The molecule has 0 aromatic heterocycles. The first-order valence-electron chi connectivity index (χ1n) is 8.27. The molecule has 0 unspecified atom stereocenters. The summed E-state index contributed by atoms with van der Waals surface area (Å²) in [4.78, 5) is 24.8. The first-order valence-corrected chi connectivity index (χ1v) is 8.65. The average Bonchev–Trinajstić information content (AvgIpc) is 2.58. The quantitative estimate of drug-likeness (QED) is 0.624. The fraction of sp³-hybridized carbons (Fsp3) is 0.368. The van der Waals surface area contributed by atoms with Crippen LogP contribution in [0.1, 0.15) is 29.3 Å². The third-order valence-corrected chi connectivity index (χ3v) is 4.53. The molecule has 3 N–H and O–H groups in total. The van der Waals surface area contributed by atoms with Gasteiger partial charge in [-0.15, -0.1) is 0 Å². The number of fused-ring (bicyclic) bond motifs is 1. The zero-order chi connectivity index (χ0) is 20.1. The minimum atomic E-state index is -0.961. The van der Waals surface area contributed by atoms with Crippen LogP contribution in [0, 0.1) is 0 Å². The van der Waals surface area contributed by atoms with E-state index in [-0.39, 0.29) is 29.0 Å². The maximum absolute atomic E-state index is 12.6. The second-order valence-electron chi connectivity index (χ2n) is 6.19. The number of aliphatic hydroxyl groups is 1. The second-order valence-corrected chi connectivity index (χ2v) is 6.57. The topological polar surface area (TPSA) is 113 Å². The molecular weight excluding hydrogens is 376 g/mol. The van der Waals surface area contributed by atoms with Gasteiger partial charge in [-0.1, -0.05) is 29.8 Å². The number of hydrogen-bond donors (Lipinski definition) is 3. The largest absolute Gasteiger partial charge is 0.507 e. The number of carbonyl (C=O) groups excluding carboxylic acids is 2. The molecule has 0 aliphatic carbocycles. The summed E-state index contributed by atoms with van der Waals surface area (Å²) >= 11 is 6.05. The van der Waals surface area contributed by atoms with Gasteiger partial charge in [-0.2, -0.15) is 0 Å². The van der Waals surface area contributed by atoms with E-state index < -0.39 is 41.6 Å². The number of aliphatic hydroxyl groups excluding tert-OH is 1. The van der Waals surface area contributed by atoms with Gasteiger partial charge in [0.1, 0.15) is 29.3 Å². The minimum absolute atomic E-state index is 0.0302. The van der Waals surface area contributed by atoms with Crippen LogP contribution in [-0.2, 0) is 20.7 Å². The van der Waals surface area contributed by atoms with E-state index in [1.807, 2.05) is 0 Å². The van der Waals surface area contributed by atoms with Crippen LogP contribution in [-0.4, -0.2) is 52.5 Å². The number of aromatic hydroxyl groups is 2. The summed E-state index contributed by atoms with van der Waals surface area (Å²) in [5, 5.41) is 30.0. The third-order valence-electron chi connectivity index (χ3n) is 4.10. The highest BCUT2D eigenvalue weighted by Crippen LogP contribution is 2.37. The van der Waals surface area contributed by atoms with Crippen LogP contribution in [0.4, 0.5) is 0 Å². The third kappa shape index (κ3) is 5.09. The first-order chi connectivity index (χ1) is 12.7. The normalized spacial score (nSPS) is 24.2. The van der Waals surface area contributed by atoms with Crippen molar-refractivity contribution in [1.29, 1.82) is 0 Å². The van der Waals surface area contributed by atoms with Crippen molar-refractivity contribution >= 4 is 23.4 Å². The standard InChI is InChI=1S/C19H21ClO7/c1-10-7-13(22)16(26-2)6-4-3-5-11(21)8-12-17(19(25)27-10)14(23)9-15(24)18(12)20/h3-6,9-10,13,16,22-24H,7-8H2,1-2H3/t10-,13-,16-/m0/s1. The summed E-state index contributed by atoms with van der Waals surface area (Å²) in [5.74, 6) is -2.34. The Morgan fingerprint density at radius 2 is 1.93 bits per heavy atom. The second kappa shape index (κ2) is 9.03. The number of carbonyl (C=O) groups is 2. The Morgan fingerprint density at radius 3 is 2.59 bits per heavy atom. The van der Waals surface area contributed by atoms with E-state index in [2.05, 4.69) is 0 Å². The van der Waals surface area contributed by atoms with Gasteiger partial charge in [0.05, 0.1) is 11.1 Å². The van der Waals surface area contributed by atoms with E-state index in [0.29, 0.717) is 0 Å². The molecule has 1 aliphatic heterocycles. The van der Waals surface area contributed by atoms with Gasteiger partial charge in [0.2, 0.25) is 0 Å². The number of ketones is 1. The molecule has 3 atom stereocenters. The number of phenols is 2. The van der Waals surface area contributed by atoms with Crippen LogP contribution in [0.5, 0.6) is 11.5 Å². The van der Waals surface area contributed by atoms with Crippen LogP contribution in [0.15, 0.2) is 30.4 Å². The highest BCUT2D eigenvalue weighted by atomic mass is 35.5. The molecule has 8 heteroatoms. The molecule has 1 aromatic rings. The molecule has 0 saturated carbocycles. The van der Waals surface area contributed by atoms with Crippen LogP contribution >= 0.6 is 11.6 Å². The zero-order valence-electron chi connectivity index (χ0n) is 14.9. The number of esters is 1. The van der Waals surface area contributed by atoms with Gasteiger partial charge in [-0.25, -0.2) is 4.79 Å². The molecular formula is C19H21ClO7. The molecule has 0 spiro atoms. The zero-order valence-corrected chi connectivity index (χ0v) is 15.6. The lowest BCUT2D eigenvalue weighted by atomic mass is 9.99. The van der Waals surface area contributed by atoms with Crippen molar-refractivity contribution in [2.75, 3.05) is 7.11 Å².